The molecular formula is C14H10F2N2O3. The average molecular weight is 292 g/mol. The maximum atomic E-state index is 13.5. The van der Waals surface area contributed by atoms with E-state index in [1.165, 1.54) is 19.2 Å². The number of aromatic nitrogens is 1. The van der Waals surface area contributed by atoms with Gasteiger partial charge < -0.3 is 10.1 Å². The minimum absolute atomic E-state index is 0.100. The van der Waals surface area contributed by atoms with Crippen molar-refractivity contribution in [3.63, 3.8) is 0 Å². The number of hydrogen-bond donors (Lipinski definition) is 1. The van der Waals surface area contributed by atoms with Crippen LogP contribution in [0, 0.1) is 11.8 Å². The molecule has 2 rings (SSSR count). The summed E-state index contributed by atoms with van der Waals surface area (Å²) in [6, 6.07) is 7.07. The Labute approximate surface area is 118 Å². The number of benzene rings is 1. The Kier molecular flexibility index (Phi) is 4.22. The van der Waals surface area contributed by atoms with Gasteiger partial charge in [0.15, 0.2) is 5.82 Å². The number of pyridine rings is 1. The second kappa shape index (κ2) is 6.08. The molecule has 2 aromatic rings. The molecule has 1 aromatic heterocycles. The van der Waals surface area contributed by atoms with Gasteiger partial charge in [-0.1, -0.05) is 12.1 Å². The van der Waals surface area contributed by atoms with Crippen molar-refractivity contribution in [1.29, 1.82) is 0 Å². The Bertz CT molecular complexity index is 704. The summed E-state index contributed by atoms with van der Waals surface area (Å²) in [7, 11) is 1.19. The highest BCUT2D eigenvalue weighted by Crippen LogP contribution is 2.18. The molecule has 1 N–H and O–H groups in total. The van der Waals surface area contributed by atoms with Crippen molar-refractivity contribution in [2.75, 3.05) is 12.4 Å². The fraction of sp³-hybridized carbons (Fsp3) is 0.0714. The van der Waals surface area contributed by atoms with Crippen LogP contribution in [0.3, 0.4) is 0 Å². The predicted octanol–water partition coefficient (Wildman–Crippen LogP) is 2.40. The number of para-hydroxylation sites is 1. The first kappa shape index (κ1) is 14.6. The standard InChI is InChI=1S/C14H10F2N2O3/c1-21-14(20)8-4-2-3-5-10(8)18-13(19)9-6-7-17-12(16)11(9)15/h2-7H,1H3,(H,18,19). The Balaban J connectivity index is 2.32. The predicted molar refractivity (Wildman–Crippen MR) is 69.9 cm³/mol. The average Bonchev–Trinajstić information content (AvgIpc) is 2.49. The zero-order chi connectivity index (χ0) is 15.4. The first-order valence-electron chi connectivity index (χ1n) is 5.83. The van der Waals surface area contributed by atoms with E-state index in [4.69, 9.17) is 0 Å². The van der Waals surface area contributed by atoms with Gasteiger partial charge in [0.05, 0.1) is 23.9 Å². The molecule has 0 aliphatic carbocycles. The summed E-state index contributed by atoms with van der Waals surface area (Å²) in [5.74, 6) is -4.29. The summed E-state index contributed by atoms with van der Waals surface area (Å²) in [4.78, 5) is 26.6. The maximum absolute atomic E-state index is 13.5. The van der Waals surface area contributed by atoms with Crippen LogP contribution in [0.2, 0.25) is 0 Å². The lowest BCUT2D eigenvalue weighted by atomic mass is 10.1. The highest BCUT2D eigenvalue weighted by Gasteiger charge is 2.18. The van der Waals surface area contributed by atoms with E-state index < -0.39 is 29.2 Å². The molecule has 0 fully saturated rings. The number of carbonyl (C=O) groups excluding carboxylic acids is 2. The van der Waals surface area contributed by atoms with Crippen LogP contribution in [0.1, 0.15) is 20.7 Å². The fourth-order valence-electron chi connectivity index (χ4n) is 1.66. The molecule has 0 unspecified atom stereocenters. The molecule has 0 saturated heterocycles. The number of ether oxygens (including phenoxy) is 1. The number of hydrogen-bond acceptors (Lipinski definition) is 4. The van der Waals surface area contributed by atoms with Crippen LogP contribution in [0.15, 0.2) is 36.5 Å². The summed E-state index contributed by atoms with van der Waals surface area (Å²) >= 11 is 0. The SMILES string of the molecule is COC(=O)c1ccccc1NC(=O)c1ccnc(F)c1F. The second-order valence-electron chi connectivity index (χ2n) is 3.95. The Morgan fingerprint density at radius 3 is 2.57 bits per heavy atom. The summed E-state index contributed by atoms with van der Waals surface area (Å²) in [6.07, 6.45) is 0.972. The minimum atomic E-state index is -1.37. The number of halogens is 2. The van der Waals surface area contributed by atoms with Crippen LogP contribution in [0.5, 0.6) is 0 Å². The van der Waals surface area contributed by atoms with Gasteiger partial charge in [-0.05, 0) is 18.2 Å². The number of anilines is 1. The quantitative estimate of drug-likeness (QED) is 0.696. The van der Waals surface area contributed by atoms with Gasteiger partial charge in [0, 0.05) is 6.20 Å². The molecule has 21 heavy (non-hydrogen) atoms. The topological polar surface area (TPSA) is 68.3 Å². The van der Waals surface area contributed by atoms with Crippen molar-refractivity contribution < 1.29 is 23.1 Å². The summed E-state index contributed by atoms with van der Waals surface area (Å²) in [6.45, 7) is 0. The van der Waals surface area contributed by atoms with Gasteiger partial charge in [0.25, 0.3) is 5.91 Å². The summed E-state index contributed by atoms with van der Waals surface area (Å²) < 4.78 is 31.1. The molecule has 7 heteroatoms. The van der Waals surface area contributed by atoms with Crippen LogP contribution in [-0.4, -0.2) is 24.0 Å². The molecule has 0 spiro atoms. The molecule has 1 aromatic carbocycles. The smallest absolute Gasteiger partial charge is 0.339 e. The molecule has 0 saturated carbocycles. The molecule has 5 nitrogen and oxygen atoms in total. The number of nitrogens with one attached hydrogen (secondary N) is 1. The third-order valence-electron chi connectivity index (χ3n) is 2.67. The number of rotatable bonds is 3. The minimum Gasteiger partial charge on any atom is -0.465 e. The van der Waals surface area contributed by atoms with Gasteiger partial charge in [0.2, 0.25) is 5.95 Å². The molecule has 1 heterocycles. The highest BCUT2D eigenvalue weighted by atomic mass is 19.2. The Morgan fingerprint density at radius 2 is 1.86 bits per heavy atom. The molecule has 0 aliphatic heterocycles. The van der Waals surface area contributed by atoms with Crippen LogP contribution >= 0.6 is 0 Å². The maximum Gasteiger partial charge on any atom is 0.339 e. The fourth-order valence-corrected chi connectivity index (χ4v) is 1.66. The van der Waals surface area contributed by atoms with Gasteiger partial charge in [0.1, 0.15) is 0 Å². The van der Waals surface area contributed by atoms with E-state index in [1.54, 1.807) is 12.1 Å². The van der Waals surface area contributed by atoms with Crippen LogP contribution in [0.4, 0.5) is 14.5 Å². The van der Waals surface area contributed by atoms with Crippen LogP contribution in [0.25, 0.3) is 0 Å². The third-order valence-corrected chi connectivity index (χ3v) is 2.67. The Morgan fingerprint density at radius 1 is 1.14 bits per heavy atom. The molecule has 1 amide bonds. The summed E-state index contributed by atoms with van der Waals surface area (Å²) in [5, 5.41) is 2.34. The zero-order valence-electron chi connectivity index (χ0n) is 10.9. The van der Waals surface area contributed by atoms with Crippen molar-refractivity contribution in [3.8, 4) is 0 Å². The summed E-state index contributed by atoms with van der Waals surface area (Å²) in [5.41, 5.74) is -0.281. The van der Waals surface area contributed by atoms with Crippen molar-refractivity contribution in [2.24, 2.45) is 0 Å². The van der Waals surface area contributed by atoms with Crippen LogP contribution < -0.4 is 5.32 Å². The first-order chi connectivity index (χ1) is 10.0. The van der Waals surface area contributed by atoms with Crippen molar-refractivity contribution in [2.45, 2.75) is 0 Å². The van der Waals surface area contributed by atoms with Crippen molar-refractivity contribution in [1.82, 2.24) is 4.98 Å². The van der Waals surface area contributed by atoms with E-state index in [-0.39, 0.29) is 11.3 Å². The molecule has 108 valence electrons. The number of methoxy groups -OCH3 is 1. The normalized spacial score (nSPS) is 10.0. The monoisotopic (exact) mass is 292 g/mol. The number of nitrogens with zero attached hydrogens (tertiary/aromatic N) is 1. The molecule has 0 atom stereocenters. The lowest BCUT2D eigenvalue weighted by Gasteiger charge is -2.10. The van der Waals surface area contributed by atoms with Gasteiger partial charge in [-0.25, -0.2) is 14.2 Å². The van der Waals surface area contributed by atoms with Gasteiger partial charge in [-0.2, -0.15) is 4.39 Å². The third kappa shape index (κ3) is 3.02. The lowest BCUT2D eigenvalue weighted by molar-refractivity contribution is 0.0602. The lowest BCUT2D eigenvalue weighted by Crippen LogP contribution is -2.17. The number of esters is 1. The van der Waals surface area contributed by atoms with E-state index in [9.17, 15) is 18.4 Å². The zero-order valence-corrected chi connectivity index (χ0v) is 10.9. The van der Waals surface area contributed by atoms with E-state index in [0.29, 0.717) is 0 Å². The second-order valence-corrected chi connectivity index (χ2v) is 3.95. The van der Waals surface area contributed by atoms with Gasteiger partial charge in [-0.3, -0.25) is 4.79 Å². The van der Waals surface area contributed by atoms with Gasteiger partial charge in [-0.15, -0.1) is 0 Å². The molecule has 0 radical (unpaired) electrons. The number of carbonyl (C=O) groups is 2. The highest BCUT2D eigenvalue weighted by molar-refractivity contribution is 6.08. The molecular weight excluding hydrogens is 282 g/mol. The number of amides is 1. The molecule has 0 aliphatic rings. The van der Waals surface area contributed by atoms with E-state index in [2.05, 4.69) is 15.0 Å². The van der Waals surface area contributed by atoms with E-state index in [0.717, 1.165) is 12.3 Å². The van der Waals surface area contributed by atoms with Crippen molar-refractivity contribution >= 4 is 17.6 Å². The van der Waals surface area contributed by atoms with Gasteiger partial charge >= 0.3 is 5.97 Å². The van der Waals surface area contributed by atoms with E-state index in [1.807, 2.05) is 0 Å². The van der Waals surface area contributed by atoms with Crippen LogP contribution in [-0.2, 0) is 4.74 Å². The van der Waals surface area contributed by atoms with E-state index >= 15 is 0 Å². The Hall–Kier alpha value is -2.83. The molecule has 0 bridgehead atoms. The first-order valence-corrected chi connectivity index (χ1v) is 5.83. The largest absolute Gasteiger partial charge is 0.465 e. The van der Waals surface area contributed by atoms with Crippen molar-refractivity contribution in [3.05, 3.63) is 59.4 Å².